The Hall–Kier alpha value is -1.53. The summed E-state index contributed by atoms with van der Waals surface area (Å²) in [4.78, 5) is 7.22. The van der Waals surface area contributed by atoms with Gasteiger partial charge in [0.05, 0.1) is 18.5 Å². The van der Waals surface area contributed by atoms with Crippen LogP contribution < -0.4 is 15.0 Å². The largest absolute Gasteiger partial charge is 0.479 e. The predicted octanol–water partition coefficient (Wildman–Crippen LogP) is 2.88. The van der Waals surface area contributed by atoms with Gasteiger partial charge >= 0.3 is 0 Å². The molecule has 2 heterocycles. The van der Waals surface area contributed by atoms with E-state index >= 15 is 0 Å². The molecule has 5 nitrogen and oxygen atoms in total. The van der Waals surface area contributed by atoms with Crippen LogP contribution in [0.2, 0.25) is 5.02 Å². The van der Waals surface area contributed by atoms with Crippen molar-refractivity contribution < 1.29 is 4.74 Å². The second-order valence-corrected chi connectivity index (χ2v) is 5.31. The smallest absolute Gasteiger partial charge is 0.244 e. The van der Waals surface area contributed by atoms with E-state index in [-0.39, 0.29) is 0 Å². The maximum atomic E-state index is 6.13. The Morgan fingerprint density at radius 1 is 1.47 bits per heavy atom. The minimum Gasteiger partial charge on any atom is -0.479 e. The minimum absolute atomic E-state index is 0.471. The van der Waals surface area contributed by atoms with Gasteiger partial charge in [0, 0.05) is 32.0 Å². The average Bonchev–Trinajstić information content (AvgIpc) is 2.77. The minimum atomic E-state index is 0.471. The molecule has 0 aliphatic carbocycles. The fourth-order valence-corrected chi connectivity index (χ4v) is 2.50. The number of nitrogens with zero attached hydrogens (tertiary/aromatic N) is 3. The van der Waals surface area contributed by atoms with E-state index in [9.17, 15) is 0 Å². The van der Waals surface area contributed by atoms with E-state index in [1.807, 2.05) is 31.1 Å². The molecular weight excluding hydrogens is 284 g/mol. The highest BCUT2D eigenvalue weighted by molar-refractivity contribution is 7.06. The topological polar surface area (TPSA) is 50.3 Å². The van der Waals surface area contributed by atoms with Crippen molar-refractivity contribution in [2.75, 3.05) is 31.4 Å². The first kappa shape index (κ1) is 13.9. The van der Waals surface area contributed by atoms with E-state index < -0.39 is 0 Å². The molecule has 2 aromatic rings. The number of pyridine rings is 1. The van der Waals surface area contributed by atoms with Crippen LogP contribution in [0.3, 0.4) is 0 Å². The predicted molar refractivity (Wildman–Crippen MR) is 79.6 cm³/mol. The van der Waals surface area contributed by atoms with Gasteiger partial charge in [-0.25, -0.2) is 4.98 Å². The van der Waals surface area contributed by atoms with Crippen molar-refractivity contribution in [3.63, 3.8) is 0 Å². The van der Waals surface area contributed by atoms with Gasteiger partial charge in [-0.3, -0.25) is 0 Å². The molecule has 7 heteroatoms. The normalized spacial score (nSPS) is 10.3. The Labute approximate surface area is 121 Å². The number of nitrogens with one attached hydrogen (secondary N) is 1. The van der Waals surface area contributed by atoms with E-state index in [1.54, 1.807) is 13.3 Å². The molecule has 19 heavy (non-hydrogen) atoms. The third-order valence-corrected chi connectivity index (χ3v) is 3.88. The zero-order valence-electron chi connectivity index (χ0n) is 11.0. The van der Waals surface area contributed by atoms with Gasteiger partial charge in [-0.1, -0.05) is 11.6 Å². The van der Waals surface area contributed by atoms with Crippen LogP contribution in [-0.2, 0) is 6.54 Å². The van der Waals surface area contributed by atoms with E-state index in [0.29, 0.717) is 17.4 Å². The van der Waals surface area contributed by atoms with Gasteiger partial charge < -0.3 is 15.0 Å². The molecule has 0 aliphatic heterocycles. The summed E-state index contributed by atoms with van der Waals surface area (Å²) in [6.45, 7) is 0.573. The van der Waals surface area contributed by atoms with Crippen LogP contribution in [0.5, 0.6) is 5.88 Å². The Balaban J connectivity index is 2.06. The van der Waals surface area contributed by atoms with Gasteiger partial charge in [-0.05, 0) is 17.6 Å². The SMILES string of the molecule is COc1nsc(CNc2cc(N(C)C)ccn2)c1Cl. The summed E-state index contributed by atoms with van der Waals surface area (Å²) in [5, 5.41) is 3.79. The summed E-state index contributed by atoms with van der Waals surface area (Å²) in [7, 11) is 5.54. The molecule has 0 atom stereocenters. The number of rotatable bonds is 5. The van der Waals surface area contributed by atoms with Crippen molar-refractivity contribution in [3.05, 3.63) is 28.2 Å². The lowest BCUT2D eigenvalue weighted by molar-refractivity contribution is 0.402. The fraction of sp³-hybridized carbons (Fsp3) is 0.333. The van der Waals surface area contributed by atoms with Crippen molar-refractivity contribution in [2.45, 2.75) is 6.54 Å². The highest BCUT2D eigenvalue weighted by Crippen LogP contribution is 2.31. The lowest BCUT2D eigenvalue weighted by Crippen LogP contribution is -2.09. The fourth-order valence-electron chi connectivity index (χ4n) is 1.50. The van der Waals surface area contributed by atoms with Crippen LogP contribution >= 0.6 is 23.1 Å². The summed E-state index contributed by atoms with van der Waals surface area (Å²) >= 11 is 7.45. The molecule has 0 unspecified atom stereocenters. The first-order chi connectivity index (χ1) is 9.11. The van der Waals surface area contributed by atoms with E-state index in [4.69, 9.17) is 16.3 Å². The van der Waals surface area contributed by atoms with Crippen LogP contribution in [0.1, 0.15) is 4.88 Å². The van der Waals surface area contributed by atoms with Crippen LogP contribution in [0.15, 0.2) is 18.3 Å². The first-order valence-electron chi connectivity index (χ1n) is 5.67. The molecule has 0 aromatic carbocycles. The third kappa shape index (κ3) is 3.27. The average molecular weight is 299 g/mol. The van der Waals surface area contributed by atoms with Gasteiger partial charge in [-0.2, -0.15) is 4.37 Å². The highest BCUT2D eigenvalue weighted by Gasteiger charge is 2.11. The Morgan fingerprint density at radius 3 is 2.89 bits per heavy atom. The Morgan fingerprint density at radius 2 is 2.26 bits per heavy atom. The maximum Gasteiger partial charge on any atom is 0.244 e. The number of halogens is 1. The standard InChI is InChI=1S/C12H15ClN4OS/c1-17(2)8-4-5-14-10(6-8)15-7-9-11(13)12(18-3)16-19-9/h4-6H,7H2,1-3H3,(H,14,15). The summed E-state index contributed by atoms with van der Waals surface area (Å²) in [5.41, 5.74) is 1.09. The molecule has 102 valence electrons. The highest BCUT2D eigenvalue weighted by atomic mass is 35.5. The van der Waals surface area contributed by atoms with Gasteiger partial charge in [0.25, 0.3) is 0 Å². The number of aromatic nitrogens is 2. The molecule has 0 radical (unpaired) electrons. The molecule has 1 N–H and O–H groups in total. The quantitative estimate of drug-likeness (QED) is 0.920. The van der Waals surface area contributed by atoms with Gasteiger partial charge in [0.1, 0.15) is 10.8 Å². The zero-order valence-corrected chi connectivity index (χ0v) is 12.5. The molecule has 0 amide bonds. The summed E-state index contributed by atoms with van der Waals surface area (Å²) in [6, 6.07) is 3.93. The van der Waals surface area contributed by atoms with Crippen molar-refractivity contribution in [1.29, 1.82) is 0 Å². The number of anilines is 2. The third-order valence-electron chi connectivity index (χ3n) is 2.55. The van der Waals surface area contributed by atoms with Crippen LogP contribution in [0, 0.1) is 0 Å². The van der Waals surface area contributed by atoms with Gasteiger partial charge in [-0.15, -0.1) is 0 Å². The molecule has 2 rings (SSSR count). The molecular formula is C12H15ClN4OS. The van der Waals surface area contributed by atoms with E-state index in [2.05, 4.69) is 14.7 Å². The monoisotopic (exact) mass is 298 g/mol. The lowest BCUT2D eigenvalue weighted by atomic mass is 10.3. The van der Waals surface area contributed by atoms with Crippen molar-refractivity contribution in [1.82, 2.24) is 9.36 Å². The van der Waals surface area contributed by atoms with Crippen molar-refractivity contribution >= 4 is 34.6 Å². The number of hydrogen-bond acceptors (Lipinski definition) is 6. The van der Waals surface area contributed by atoms with E-state index in [0.717, 1.165) is 16.4 Å². The number of methoxy groups -OCH3 is 1. The number of hydrogen-bond donors (Lipinski definition) is 1. The summed E-state index contributed by atoms with van der Waals surface area (Å²) in [6.07, 6.45) is 1.77. The van der Waals surface area contributed by atoms with Crippen LogP contribution in [0.4, 0.5) is 11.5 Å². The summed E-state index contributed by atoms with van der Waals surface area (Å²) in [5.74, 6) is 1.27. The Bertz CT molecular complexity index is 558. The maximum absolute atomic E-state index is 6.13. The second kappa shape index (κ2) is 6.08. The van der Waals surface area contributed by atoms with Crippen molar-refractivity contribution in [3.8, 4) is 5.88 Å². The van der Waals surface area contributed by atoms with Crippen molar-refractivity contribution in [2.24, 2.45) is 0 Å². The number of ether oxygens (including phenoxy) is 1. The van der Waals surface area contributed by atoms with Gasteiger partial charge in [0.15, 0.2) is 0 Å². The molecule has 0 fully saturated rings. The molecule has 0 spiro atoms. The lowest BCUT2D eigenvalue weighted by Gasteiger charge is -2.13. The molecule has 0 saturated carbocycles. The molecule has 0 saturated heterocycles. The molecule has 0 bridgehead atoms. The molecule has 0 aliphatic rings. The van der Waals surface area contributed by atoms with Gasteiger partial charge in [0.2, 0.25) is 5.88 Å². The molecule has 2 aromatic heterocycles. The zero-order chi connectivity index (χ0) is 13.8. The Kier molecular flexibility index (Phi) is 4.44. The second-order valence-electron chi connectivity index (χ2n) is 4.08. The summed E-state index contributed by atoms with van der Waals surface area (Å²) < 4.78 is 9.16. The first-order valence-corrected chi connectivity index (χ1v) is 6.82. The van der Waals surface area contributed by atoms with E-state index in [1.165, 1.54) is 11.5 Å². The van der Waals surface area contributed by atoms with Crippen LogP contribution in [-0.4, -0.2) is 30.6 Å². The van der Waals surface area contributed by atoms with Crippen LogP contribution in [0.25, 0.3) is 0 Å².